The van der Waals surface area contributed by atoms with Gasteiger partial charge >= 0.3 is 0 Å². The summed E-state index contributed by atoms with van der Waals surface area (Å²) in [6.45, 7) is 107. The molecule has 1 unspecified atom stereocenters. The maximum absolute atomic E-state index is 12.3. The molecule has 1 aromatic heterocycles. The quantitative estimate of drug-likeness (QED) is 0.106. The monoisotopic (exact) mass is 1990 g/mol. The largest absolute Gasteiger partial charge is 0.366 e. The van der Waals surface area contributed by atoms with Crippen LogP contribution in [0.25, 0.3) is 0 Å². The van der Waals surface area contributed by atoms with Gasteiger partial charge in [0.15, 0.2) is 5.82 Å². The Morgan fingerprint density at radius 3 is 1.00 bits per heavy atom. The van der Waals surface area contributed by atoms with E-state index in [1.165, 1.54) is 25.7 Å². The summed E-state index contributed by atoms with van der Waals surface area (Å²) in [5.41, 5.74) is 1.27. The van der Waals surface area contributed by atoms with Crippen molar-refractivity contribution < 1.29 is 71.6 Å². The summed E-state index contributed by atoms with van der Waals surface area (Å²) in [6.07, 6.45) is 12.8. The average Bonchev–Trinajstić information content (AvgIpc) is 1.37. The zero-order valence-corrected chi connectivity index (χ0v) is 98.1. The SMILES string of the molecule is CC(C)(C)CC(=O)N1CCC(NC(=O)COC(C)(C)C)CC1.CC(C)(C)CC(=O)NC1CCN(C(=O)COC(C)(C)C)CC1.CC(C)(C)CC(=O)Nc1cc(C(C)(C)C)[nH]n1.CC(C)(C)OCC(=O)N1CC2(CCN(C(C)(C)C)CC2)C1.CC(C)(C)OCC(=O)N1CCC2(CCN(C(C)(C)C)CC2)C1.CC(C)(C)OCC(=O)N1CCN(C(C)(C)C)CC1.CC(OC(C)(C)C)C(=O)N1CCC(C(C)(C)C)CC1. The van der Waals surface area contributed by atoms with Crippen LogP contribution in [-0.4, -0.2) is 327 Å². The van der Waals surface area contributed by atoms with Crippen molar-refractivity contribution in [2.75, 3.05) is 156 Å². The van der Waals surface area contributed by atoms with Gasteiger partial charge in [-0.25, -0.2) is 0 Å². The number of H-pyrrole nitrogens is 1. The van der Waals surface area contributed by atoms with Gasteiger partial charge in [0.1, 0.15) is 39.1 Å². The molecule has 29 nitrogen and oxygen atoms in total. The Balaban J connectivity index is 0.000000424. The lowest BCUT2D eigenvalue weighted by atomic mass is 9.71. The smallest absolute Gasteiger partial charge is 0.251 e. The summed E-state index contributed by atoms with van der Waals surface area (Å²) >= 11 is 0. The van der Waals surface area contributed by atoms with Gasteiger partial charge < -0.3 is 73.8 Å². The van der Waals surface area contributed by atoms with E-state index in [1.54, 1.807) is 0 Å². The molecule has 2 spiro atoms. The Morgan fingerprint density at radius 1 is 0.340 bits per heavy atom. The number of hydrogen-bond donors (Lipinski definition) is 4. The second-order valence-electron chi connectivity index (χ2n) is 56.1. The number of ether oxygens (including phenoxy) is 6. The van der Waals surface area contributed by atoms with Crippen LogP contribution in [0.15, 0.2) is 6.07 Å². The van der Waals surface area contributed by atoms with Gasteiger partial charge in [-0.1, -0.05) is 104 Å². The molecule has 29 heteroatoms. The Labute approximate surface area is 858 Å². The van der Waals surface area contributed by atoms with E-state index in [4.69, 9.17) is 28.4 Å². The Hall–Kier alpha value is -5.92. The maximum atomic E-state index is 12.3. The number of likely N-dealkylation sites (tertiary alicyclic amines) is 7. The van der Waals surface area contributed by atoms with Crippen molar-refractivity contribution in [2.24, 2.45) is 38.4 Å². The van der Waals surface area contributed by atoms with Gasteiger partial charge in [0.25, 0.3) is 5.91 Å². The third-order valence-electron chi connectivity index (χ3n) is 26.5. The van der Waals surface area contributed by atoms with E-state index in [9.17, 15) is 43.2 Å². The van der Waals surface area contributed by atoms with Gasteiger partial charge in [0.05, 0.1) is 33.6 Å². The molecule has 4 N–H and O–H groups in total. The maximum Gasteiger partial charge on any atom is 0.251 e. The zero-order chi connectivity index (χ0) is 109. The zero-order valence-electron chi connectivity index (χ0n) is 98.1. The highest BCUT2D eigenvalue weighted by molar-refractivity contribution is 5.90. The highest BCUT2D eigenvalue weighted by atomic mass is 16.5. The molecular formula is C112H212N14O15. The minimum absolute atomic E-state index is 0.00413. The van der Waals surface area contributed by atoms with Crippen LogP contribution in [0.5, 0.6) is 0 Å². The van der Waals surface area contributed by atoms with Gasteiger partial charge in [-0.15, -0.1) is 0 Å². The summed E-state index contributed by atoms with van der Waals surface area (Å²) in [4.78, 5) is 128. The first-order valence-electron chi connectivity index (χ1n) is 53.4. The lowest BCUT2D eigenvalue weighted by Crippen LogP contribution is -2.63. The fourth-order valence-corrected chi connectivity index (χ4v) is 17.9. The topological polar surface area (TPSA) is 303 Å². The predicted octanol–water partition coefficient (Wildman–Crippen LogP) is 18.4. The highest BCUT2D eigenvalue weighted by Crippen LogP contribution is 2.44. The fourth-order valence-electron chi connectivity index (χ4n) is 17.9. The second-order valence-corrected chi connectivity index (χ2v) is 56.1. The number of carbonyl (C=O) groups is 9. The molecule has 0 bridgehead atoms. The number of rotatable bonds is 18. The summed E-state index contributed by atoms with van der Waals surface area (Å²) < 4.78 is 33.5. The lowest BCUT2D eigenvalue weighted by molar-refractivity contribution is -0.157. The average molecular weight is 2000 g/mol. The number of anilines is 1. The Bertz CT molecular complexity index is 3950. The van der Waals surface area contributed by atoms with Crippen LogP contribution < -0.4 is 16.0 Å². The number of carbonyl (C=O) groups excluding carboxylic acids is 9. The van der Waals surface area contributed by atoms with Crippen LogP contribution >= 0.6 is 0 Å². The van der Waals surface area contributed by atoms with E-state index in [1.807, 2.05) is 188 Å². The number of piperidine rings is 5. The van der Waals surface area contributed by atoms with Gasteiger partial charge in [-0.3, -0.25) is 62.9 Å². The summed E-state index contributed by atoms with van der Waals surface area (Å²) in [7, 11) is 0. The molecule has 8 saturated heterocycles. The predicted molar refractivity (Wildman–Crippen MR) is 573 cm³/mol. The normalized spacial score (nSPS) is 19.3. The molecule has 0 aliphatic carbocycles. The van der Waals surface area contributed by atoms with E-state index in [2.05, 4.69) is 186 Å². The van der Waals surface area contributed by atoms with E-state index < -0.39 is 0 Å². The van der Waals surface area contributed by atoms with Crippen molar-refractivity contribution in [3.05, 3.63) is 11.8 Å². The van der Waals surface area contributed by atoms with Crippen LogP contribution in [0.2, 0.25) is 0 Å². The molecule has 0 aromatic carbocycles. The summed E-state index contributed by atoms with van der Waals surface area (Å²) in [5.74, 6) is 2.16. The van der Waals surface area contributed by atoms with E-state index >= 15 is 0 Å². The number of amides is 9. The van der Waals surface area contributed by atoms with Crippen LogP contribution in [0.4, 0.5) is 5.82 Å². The van der Waals surface area contributed by atoms with E-state index in [0.29, 0.717) is 54.4 Å². The Kier molecular flexibility index (Phi) is 48.8. The summed E-state index contributed by atoms with van der Waals surface area (Å²) in [5, 5.41) is 15.9. The highest BCUT2D eigenvalue weighted by Gasteiger charge is 2.49. The number of hydrogen-bond acceptors (Lipinski definition) is 19. The fraction of sp³-hybridized carbons (Fsp3) is 0.893. The van der Waals surface area contributed by atoms with Gasteiger partial charge in [-0.05, 0) is 324 Å². The van der Waals surface area contributed by atoms with Crippen molar-refractivity contribution in [2.45, 2.75) is 461 Å². The number of piperazine rings is 1. The standard InChI is InChI=1S/C18H34N2O2.2C17H32N2O3.C17H32N2O2.C16H31NO2.C14H28N2O2.C13H23N3O/c1-16(2,3)20-11-8-18(9-12-20)7-10-19(14-18)15(21)13-22-17(4,5)6;1-16(2,3)11-15(21)19-9-7-13(8-10-19)18-14(20)12-22-17(4,5)6;1-16(2,3)11-14(20)18-13-7-9-19(10-8-13)15(21)12-22-17(4,5)6;1-15(2,3)19-9-7-17(8-10-19)12-18(13-17)14(20)11-21-16(4,5)6;1-12(19-16(5,6)7)14(18)17-10-8-13(9-11-17)15(2,3)4;1-13(2,3)16-9-7-15(8-10-16)12(17)11-18-14(4,5)6;1-12(2,3)8-11(17)14-10-7-9(15-16-10)13(4,5)6/h7-14H2,1-6H3;2*13H,7-12H2,1-6H3,(H,18,20);7-13H2,1-6H3;12-13H,8-11H2,1-7H3;7-11H2,1-6H3;7H,8H2,1-6H3,(H2,14,15,16,17). The number of nitrogens with zero attached hydrogens (tertiary/aromatic N) is 10. The molecule has 9 amide bonds. The van der Waals surface area contributed by atoms with Gasteiger partial charge in [0, 0.05) is 162 Å². The van der Waals surface area contributed by atoms with Gasteiger partial charge in [0.2, 0.25) is 47.3 Å². The molecule has 8 aliphatic rings. The molecule has 820 valence electrons. The molecule has 9 heterocycles. The lowest BCUT2D eigenvalue weighted by Gasteiger charge is -2.55. The first kappa shape index (κ1) is 129. The van der Waals surface area contributed by atoms with Crippen molar-refractivity contribution >= 4 is 59.0 Å². The number of aromatic nitrogens is 2. The summed E-state index contributed by atoms with van der Waals surface area (Å²) in [6, 6.07) is 2.22. The first-order valence-corrected chi connectivity index (χ1v) is 53.4. The molecule has 9 rings (SSSR count). The molecule has 8 aliphatic heterocycles. The third-order valence-corrected chi connectivity index (χ3v) is 26.5. The molecule has 8 fully saturated rings. The molecular weight excluding hydrogens is 1780 g/mol. The van der Waals surface area contributed by atoms with Crippen molar-refractivity contribution in [3.63, 3.8) is 0 Å². The van der Waals surface area contributed by atoms with Crippen LogP contribution in [0.1, 0.15) is 393 Å². The van der Waals surface area contributed by atoms with Gasteiger partial charge in [-0.2, -0.15) is 5.10 Å². The number of nitrogens with one attached hydrogen (secondary N) is 4. The van der Waals surface area contributed by atoms with Crippen LogP contribution in [0.3, 0.4) is 0 Å². The van der Waals surface area contributed by atoms with Crippen LogP contribution in [-0.2, 0) is 77.0 Å². The van der Waals surface area contributed by atoms with Crippen molar-refractivity contribution in [1.29, 1.82) is 0 Å². The van der Waals surface area contributed by atoms with Crippen molar-refractivity contribution in [3.8, 4) is 0 Å². The molecule has 1 atom stereocenters. The number of aromatic amines is 1. The second kappa shape index (κ2) is 53.3. The molecule has 141 heavy (non-hydrogen) atoms. The molecule has 0 radical (unpaired) electrons. The van der Waals surface area contributed by atoms with Crippen LogP contribution in [0, 0.1) is 38.4 Å². The minimum Gasteiger partial charge on any atom is -0.366 e. The third kappa shape index (κ3) is 54.0. The minimum atomic E-state index is -0.341. The molecule has 1 aromatic rings. The Morgan fingerprint density at radius 2 is 0.652 bits per heavy atom. The van der Waals surface area contributed by atoms with E-state index in [0.717, 1.165) is 161 Å². The molecule has 0 saturated carbocycles. The van der Waals surface area contributed by atoms with E-state index in [-0.39, 0.29) is 176 Å². The van der Waals surface area contributed by atoms with Crippen molar-refractivity contribution in [1.82, 2.24) is 64.9 Å². The first-order chi connectivity index (χ1) is 63.6.